The van der Waals surface area contributed by atoms with Crippen molar-refractivity contribution >= 4 is 12.0 Å². The number of likely N-dealkylation sites (N-methyl/N-ethyl adjacent to an activating group) is 1. The van der Waals surface area contributed by atoms with Crippen LogP contribution >= 0.6 is 0 Å². The average molecular weight is 183 g/mol. The molecule has 13 heavy (non-hydrogen) atoms. The van der Waals surface area contributed by atoms with Crippen LogP contribution in [0.4, 0.5) is 10.7 Å². The van der Waals surface area contributed by atoms with E-state index in [0.29, 0.717) is 0 Å². The topological polar surface area (TPSA) is 85.3 Å². The molecule has 70 valence electrons. The first-order chi connectivity index (χ1) is 6.20. The molecule has 1 unspecified atom stereocenters. The Labute approximate surface area is 74.0 Å². The number of hydrogen-bond donors (Lipinski definition) is 2. The molecular formula is C6H9N5O2. The summed E-state index contributed by atoms with van der Waals surface area (Å²) >= 11 is 0. The number of β-amino-alcohol motifs (C(OH)–C–C–N with tert-alkyl or cyclic N) is 1. The van der Waals surface area contributed by atoms with Crippen LogP contribution in [0.5, 0.6) is 0 Å². The summed E-state index contributed by atoms with van der Waals surface area (Å²) < 4.78 is 0. The highest BCUT2D eigenvalue weighted by molar-refractivity contribution is 5.92. The molecule has 0 aromatic carbocycles. The molecule has 2 N–H and O–H groups in total. The third kappa shape index (κ3) is 1.13. The van der Waals surface area contributed by atoms with Gasteiger partial charge in [0.2, 0.25) is 5.95 Å². The Bertz CT molecular complexity index is 311. The van der Waals surface area contributed by atoms with E-state index in [9.17, 15) is 9.90 Å². The maximum atomic E-state index is 11.4. The first kappa shape index (κ1) is 7.99. The highest BCUT2D eigenvalue weighted by Crippen LogP contribution is 2.17. The van der Waals surface area contributed by atoms with Crippen molar-refractivity contribution in [3.63, 3.8) is 0 Å². The number of aliphatic hydroxyl groups is 1. The van der Waals surface area contributed by atoms with Crippen molar-refractivity contribution in [2.75, 3.05) is 18.5 Å². The normalized spacial score (nSPS) is 22.9. The van der Waals surface area contributed by atoms with Gasteiger partial charge in [0, 0.05) is 7.05 Å². The summed E-state index contributed by atoms with van der Waals surface area (Å²) in [5.74, 6) is 0.266. The Balaban J connectivity index is 2.29. The number of aliphatic hydroxyl groups excluding tert-OH is 1. The molecule has 1 aliphatic rings. The number of amides is 2. The van der Waals surface area contributed by atoms with Gasteiger partial charge in [-0.1, -0.05) is 0 Å². The van der Waals surface area contributed by atoms with E-state index in [2.05, 4.69) is 15.2 Å². The van der Waals surface area contributed by atoms with Crippen LogP contribution < -0.4 is 4.90 Å². The molecule has 2 amide bonds. The lowest BCUT2D eigenvalue weighted by Gasteiger charge is -2.14. The van der Waals surface area contributed by atoms with Gasteiger partial charge >= 0.3 is 6.03 Å². The molecule has 7 heteroatoms. The van der Waals surface area contributed by atoms with E-state index in [1.165, 1.54) is 11.2 Å². The Morgan fingerprint density at radius 1 is 1.77 bits per heavy atom. The van der Waals surface area contributed by atoms with Crippen molar-refractivity contribution in [1.82, 2.24) is 20.1 Å². The third-order valence-electron chi connectivity index (χ3n) is 1.90. The highest BCUT2D eigenvalue weighted by Gasteiger charge is 2.36. The minimum atomic E-state index is -0.856. The number of nitrogens with zero attached hydrogens (tertiary/aromatic N) is 4. The van der Waals surface area contributed by atoms with Crippen molar-refractivity contribution in [2.45, 2.75) is 6.23 Å². The second-order valence-electron chi connectivity index (χ2n) is 2.82. The minimum absolute atomic E-state index is 0.266. The van der Waals surface area contributed by atoms with Crippen molar-refractivity contribution < 1.29 is 9.90 Å². The molecule has 1 aromatic rings. The Morgan fingerprint density at radius 3 is 3.00 bits per heavy atom. The fourth-order valence-corrected chi connectivity index (χ4v) is 1.26. The predicted molar refractivity (Wildman–Crippen MR) is 42.9 cm³/mol. The lowest BCUT2D eigenvalue weighted by Crippen LogP contribution is -2.35. The zero-order chi connectivity index (χ0) is 9.42. The Kier molecular flexibility index (Phi) is 1.66. The van der Waals surface area contributed by atoms with Gasteiger partial charge in [0.15, 0.2) is 6.23 Å². The standard InChI is InChI=1S/C6H9N5O2/c1-10-2-4(12)11(6(10)13)5-7-3-8-9-5/h3-4,12H,2H2,1H3,(H,7,8,9). The molecule has 0 spiro atoms. The summed E-state index contributed by atoms with van der Waals surface area (Å²) in [7, 11) is 1.61. The Hall–Kier alpha value is -1.63. The zero-order valence-corrected chi connectivity index (χ0v) is 7.01. The van der Waals surface area contributed by atoms with Gasteiger partial charge in [-0.05, 0) is 0 Å². The van der Waals surface area contributed by atoms with E-state index in [1.807, 2.05) is 0 Å². The van der Waals surface area contributed by atoms with Gasteiger partial charge in [-0.2, -0.15) is 10.1 Å². The maximum Gasteiger partial charge on any atom is 0.328 e. The lowest BCUT2D eigenvalue weighted by atomic mass is 10.5. The summed E-state index contributed by atoms with van der Waals surface area (Å²) in [5.41, 5.74) is 0. The summed E-state index contributed by atoms with van der Waals surface area (Å²) in [6, 6.07) is -0.288. The number of rotatable bonds is 1. The van der Waals surface area contributed by atoms with Crippen LogP contribution in [0.2, 0.25) is 0 Å². The van der Waals surface area contributed by atoms with E-state index in [4.69, 9.17) is 0 Å². The number of carbonyl (C=O) groups is 1. The molecule has 1 atom stereocenters. The first-order valence-corrected chi connectivity index (χ1v) is 3.78. The smallest absolute Gasteiger partial charge is 0.328 e. The molecule has 7 nitrogen and oxygen atoms in total. The molecule has 0 aliphatic carbocycles. The monoisotopic (exact) mass is 183 g/mol. The molecule has 2 heterocycles. The summed E-state index contributed by atoms with van der Waals surface area (Å²) in [6.45, 7) is 0.277. The highest BCUT2D eigenvalue weighted by atomic mass is 16.3. The van der Waals surface area contributed by atoms with Gasteiger partial charge in [-0.15, -0.1) is 0 Å². The van der Waals surface area contributed by atoms with Gasteiger partial charge in [0.25, 0.3) is 0 Å². The number of H-pyrrole nitrogens is 1. The fraction of sp³-hybridized carbons (Fsp3) is 0.500. The molecule has 1 saturated heterocycles. The van der Waals surface area contributed by atoms with E-state index < -0.39 is 6.23 Å². The van der Waals surface area contributed by atoms with Crippen molar-refractivity contribution in [3.8, 4) is 0 Å². The predicted octanol–water partition coefficient (Wildman–Crippen LogP) is -1.01. The second-order valence-corrected chi connectivity index (χ2v) is 2.82. The molecular weight excluding hydrogens is 174 g/mol. The van der Waals surface area contributed by atoms with Gasteiger partial charge in [-0.3, -0.25) is 0 Å². The van der Waals surface area contributed by atoms with Crippen LogP contribution in [0, 0.1) is 0 Å². The third-order valence-corrected chi connectivity index (χ3v) is 1.90. The fourth-order valence-electron chi connectivity index (χ4n) is 1.26. The molecule has 0 bridgehead atoms. The second kappa shape index (κ2) is 2.70. The number of aromatic nitrogens is 3. The van der Waals surface area contributed by atoms with Crippen molar-refractivity contribution in [2.24, 2.45) is 0 Å². The molecule has 1 aromatic heterocycles. The molecule has 1 aliphatic heterocycles. The number of urea groups is 1. The summed E-state index contributed by atoms with van der Waals surface area (Å²) in [5, 5.41) is 15.6. The SMILES string of the molecule is CN1CC(O)N(c2ncn[nH]2)C1=O. The number of hydrogen-bond acceptors (Lipinski definition) is 4. The lowest BCUT2D eigenvalue weighted by molar-refractivity contribution is 0.182. The van der Waals surface area contributed by atoms with E-state index in [-0.39, 0.29) is 18.5 Å². The van der Waals surface area contributed by atoms with Gasteiger partial charge in [-0.25, -0.2) is 14.8 Å². The first-order valence-electron chi connectivity index (χ1n) is 3.78. The molecule has 0 radical (unpaired) electrons. The Morgan fingerprint density at radius 2 is 2.54 bits per heavy atom. The van der Waals surface area contributed by atoms with Crippen LogP contribution in [-0.4, -0.2) is 51.0 Å². The van der Waals surface area contributed by atoms with E-state index in [1.54, 1.807) is 7.05 Å². The number of aromatic amines is 1. The average Bonchev–Trinajstić information content (AvgIpc) is 2.63. The summed E-state index contributed by atoms with van der Waals surface area (Å²) in [6.07, 6.45) is 0.429. The minimum Gasteiger partial charge on any atom is -0.371 e. The molecule has 2 rings (SSSR count). The maximum absolute atomic E-state index is 11.4. The van der Waals surface area contributed by atoms with Crippen LogP contribution in [-0.2, 0) is 0 Å². The van der Waals surface area contributed by atoms with Gasteiger partial charge < -0.3 is 10.0 Å². The number of nitrogens with one attached hydrogen (secondary N) is 1. The molecule has 0 saturated carbocycles. The number of anilines is 1. The molecule has 1 fully saturated rings. The summed E-state index contributed by atoms with van der Waals surface area (Å²) in [4.78, 5) is 17.8. The van der Waals surface area contributed by atoms with E-state index in [0.717, 1.165) is 4.90 Å². The quantitative estimate of drug-likeness (QED) is 0.584. The van der Waals surface area contributed by atoms with Gasteiger partial charge in [0.05, 0.1) is 6.54 Å². The van der Waals surface area contributed by atoms with Gasteiger partial charge in [0.1, 0.15) is 6.33 Å². The van der Waals surface area contributed by atoms with Crippen LogP contribution in [0.3, 0.4) is 0 Å². The number of carbonyl (C=O) groups excluding carboxylic acids is 1. The largest absolute Gasteiger partial charge is 0.371 e. The van der Waals surface area contributed by atoms with Crippen LogP contribution in [0.25, 0.3) is 0 Å². The van der Waals surface area contributed by atoms with E-state index >= 15 is 0 Å². The van der Waals surface area contributed by atoms with Crippen LogP contribution in [0.1, 0.15) is 0 Å². The van der Waals surface area contributed by atoms with Crippen molar-refractivity contribution in [1.29, 1.82) is 0 Å². The van der Waals surface area contributed by atoms with Crippen LogP contribution in [0.15, 0.2) is 6.33 Å². The zero-order valence-electron chi connectivity index (χ0n) is 7.01. The van der Waals surface area contributed by atoms with Crippen molar-refractivity contribution in [3.05, 3.63) is 6.33 Å².